The Hall–Kier alpha value is -4.47. The number of methoxy groups -OCH3 is 1. The third-order valence-electron chi connectivity index (χ3n) is 6.40. The van der Waals surface area contributed by atoms with Crippen LogP contribution in [0.2, 0.25) is 0 Å². The number of fused-ring (bicyclic) bond motifs is 2. The van der Waals surface area contributed by atoms with E-state index in [0.29, 0.717) is 43.7 Å². The first-order valence-corrected chi connectivity index (χ1v) is 11.7. The van der Waals surface area contributed by atoms with Gasteiger partial charge in [0.1, 0.15) is 5.65 Å². The lowest BCUT2D eigenvalue weighted by Crippen LogP contribution is -2.37. The molecule has 1 aliphatic heterocycles. The molecule has 4 heterocycles. The third kappa shape index (κ3) is 4.70. The number of ether oxygens (including phenoxy) is 1. The Balaban J connectivity index is 1.16. The number of imidazole rings is 1. The first-order valence-electron chi connectivity index (χ1n) is 11.7. The first kappa shape index (κ1) is 23.3. The fourth-order valence-corrected chi connectivity index (χ4v) is 4.43. The summed E-state index contributed by atoms with van der Waals surface area (Å²) in [6.45, 7) is 1.34. The molecule has 1 aliphatic rings. The molecule has 1 aromatic carbocycles. The average Bonchev–Trinajstić information content (AvgIpc) is 3.52. The smallest absolute Gasteiger partial charge is 0.337 e. The lowest BCUT2D eigenvalue weighted by Gasteiger charge is -2.26. The van der Waals surface area contributed by atoms with Crippen LogP contribution >= 0.6 is 0 Å². The van der Waals surface area contributed by atoms with Gasteiger partial charge in [-0.3, -0.25) is 14.7 Å². The fourth-order valence-electron chi connectivity index (χ4n) is 4.43. The minimum atomic E-state index is -0.381. The molecule has 0 unspecified atom stereocenters. The molecule has 0 spiro atoms. The number of benzene rings is 1. The lowest BCUT2D eigenvalue weighted by atomic mass is 10.0. The first-order chi connectivity index (χ1) is 17.5. The quantitative estimate of drug-likeness (QED) is 0.385. The molecule has 5 rings (SSSR count). The molecule has 3 aromatic heterocycles. The van der Waals surface area contributed by atoms with Gasteiger partial charge in [0.05, 0.1) is 37.0 Å². The number of aromatic amines is 1. The number of carbonyl (C=O) groups is 3. The maximum atomic E-state index is 13.0. The molecule has 2 amide bonds. The molecule has 0 bridgehead atoms. The van der Waals surface area contributed by atoms with Gasteiger partial charge >= 0.3 is 5.97 Å². The van der Waals surface area contributed by atoms with Gasteiger partial charge in [-0.1, -0.05) is 18.2 Å². The summed E-state index contributed by atoms with van der Waals surface area (Å²) in [6.07, 6.45) is 5.06. The minimum absolute atomic E-state index is 0.00474. The summed E-state index contributed by atoms with van der Waals surface area (Å²) < 4.78 is 6.62. The van der Waals surface area contributed by atoms with E-state index in [9.17, 15) is 14.4 Å². The highest BCUT2D eigenvalue weighted by Crippen LogP contribution is 2.21. The van der Waals surface area contributed by atoms with Crippen molar-refractivity contribution in [3.63, 3.8) is 0 Å². The number of hydrogen-bond acceptors (Lipinski definition) is 6. The second-order valence-corrected chi connectivity index (χ2v) is 8.64. The number of carbonyl (C=O) groups excluding carboxylic acids is 3. The molecule has 10 nitrogen and oxygen atoms in total. The zero-order valence-corrected chi connectivity index (χ0v) is 19.9. The summed E-state index contributed by atoms with van der Waals surface area (Å²) in [5.74, 6) is -0.622. The second-order valence-electron chi connectivity index (χ2n) is 8.64. The Bertz CT molecular complexity index is 1420. The van der Waals surface area contributed by atoms with Crippen LogP contribution in [0.1, 0.15) is 43.4 Å². The van der Waals surface area contributed by atoms with E-state index >= 15 is 0 Å². The van der Waals surface area contributed by atoms with Gasteiger partial charge in [-0.2, -0.15) is 5.10 Å². The fraction of sp³-hybridized carbons (Fsp3) is 0.269. The van der Waals surface area contributed by atoms with Gasteiger partial charge in [0, 0.05) is 31.0 Å². The molecular formula is C26H26N6O4. The van der Waals surface area contributed by atoms with E-state index in [-0.39, 0.29) is 24.2 Å². The van der Waals surface area contributed by atoms with E-state index in [2.05, 4.69) is 20.5 Å². The number of nitrogens with one attached hydrogen (secondary N) is 2. The second kappa shape index (κ2) is 10.0. The van der Waals surface area contributed by atoms with Crippen LogP contribution in [-0.4, -0.2) is 62.5 Å². The van der Waals surface area contributed by atoms with E-state index in [1.54, 1.807) is 23.2 Å². The van der Waals surface area contributed by atoms with Crippen LogP contribution in [0.15, 0.2) is 54.9 Å². The van der Waals surface area contributed by atoms with Gasteiger partial charge in [0.2, 0.25) is 5.91 Å². The van der Waals surface area contributed by atoms with Gasteiger partial charge in [0.25, 0.3) is 5.91 Å². The summed E-state index contributed by atoms with van der Waals surface area (Å²) in [4.78, 5) is 43.4. The standard InChI is InChI=1S/C26H26N6O4/c1-36-26(35)18-7-5-17(6-8-18)9-11-27-25(34)24-20-10-13-31(16-21(20)29-30-24)23(33)14-19-15-28-22-4-2-3-12-32(19)22/h2-8,12,15H,9-11,13-14,16H2,1H3,(H,27,34)(H,29,30). The van der Waals surface area contributed by atoms with Crippen LogP contribution in [-0.2, 0) is 35.3 Å². The van der Waals surface area contributed by atoms with Gasteiger partial charge < -0.3 is 19.4 Å². The topological polar surface area (TPSA) is 122 Å². The van der Waals surface area contributed by atoms with Crippen LogP contribution in [0, 0.1) is 0 Å². The predicted octanol–water partition coefficient (Wildman–Crippen LogP) is 1.94. The normalized spacial score (nSPS) is 12.9. The number of nitrogens with zero attached hydrogens (tertiary/aromatic N) is 4. The highest BCUT2D eigenvalue weighted by Gasteiger charge is 2.27. The number of esters is 1. The van der Waals surface area contributed by atoms with Crippen molar-refractivity contribution >= 4 is 23.4 Å². The van der Waals surface area contributed by atoms with Crippen molar-refractivity contribution in [2.75, 3.05) is 20.2 Å². The Kier molecular flexibility index (Phi) is 6.48. The zero-order valence-electron chi connectivity index (χ0n) is 19.9. The van der Waals surface area contributed by atoms with Gasteiger partial charge in [-0.05, 0) is 42.7 Å². The van der Waals surface area contributed by atoms with E-state index in [0.717, 1.165) is 28.2 Å². The van der Waals surface area contributed by atoms with Gasteiger partial charge in [0.15, 0.2) is 5.69 Å². The van der Waals surface area contributed by atoms with Crippen LogP contribution in [0.5, 0.6) is 0 Å². The Morgan fingerprint density at radius 2 is 1.97 bits per heavy atom. The van der Waals surface area contributed by atoms with E-state index < -0.39 is 0 Å². The zero-order chi connectivity index (χ0) is 25.1. The summed E-state index contributed by atoms with van der Waals surface area (Å²) >= 11 is 0. The molecule has 36 heavy (non-hydrogen) atoms. The lowest BCUT2D eigenvalue weighted by molar-refractivity contribution is -0.131. The number of H-pyrrole nitrogens is 1. The van der Waals surface area contributed by atoms with E-state index in [1.807, 2.05) is 40.9 Å². The predicted molar refractivity (Wildman–Crippen MR) is 130 cm³/mol. The number of pyridine rings is 1. The van der Waals surface area contributed by atoms with Crippen LogP contribution < -0.4 is 5.32 Å². The monoisotopic (exact) mass is 486 g/mol. The molecule has 0 radical (unpaired) electrons. The van der Waals surface area contributed by atoms with Crippen molar-refractivity contribution < 1.29 is 19.1 Å². The Morgan fingerprint density at radius 1 is 1.14 bits per heavy atom. The van der Waals surface area contributed by atoms with Crippen molar-refractivity contribution in [1.82, 2.24) is 29.8 Å². The Labute approximate surface area is 207 Å². The van der Waals surface area contributed by atoms with E-state index in [1.165, 1.54) is 7.11 Å². The van der Waals surface area contributed by atoms with Gasteiger partial charge in [-0.15, -0.1) is 0 Å². The maximum Gasteiger partial charge on any atom is 0.337 e. The molecule has 0 atom stereocenters. The summed E-state index contributed by atoms with van der Waals surface area (Å²) in [6, 6.07) is 12.8. The van der Waals surface area contributed by atoms with Crippen LogP contribution in [0.3, 0.4) is 0 Å². The minimum Gasteiger partial charge on any atom is -0.465 e. The SMILES string of the molecule is COC(=O)c1ccc(CCNC(=O)c2n[nH]c3c2CCN(C(=O)Cc2cnc4ccccn24)C3)cc1. The largest absolute Gasteiger partial charge is 0.465 e. The number of hydrogen-bond donors (Lipinski definition) is 2. The summed E-state index contributed by atoms with van der Waals surface area (Å²) in [7, 11) is 1.35. The molecule has 4 aromatic rings. The molecule has 2 N–H and O–H groups in total. The maximum absolute atomic E-state index is 13.0. The van der Waals surface area contributed by atoms with Crippen molar-refractivity contribution in [3.8, 4) is 0 Å². The van der Waals surface area contributed by atoms with Crippen LogP contribution in [0.25, 0.3) is 5.65 Å². The molecule has 10 heteroatoms. The van der Waals surface area contributed by atoms with Crippen molar-refractivity contribution in [2.24, 2.45) is 0 Å². The third-order valence-corrected chi connectivity index (χ3v) is 6.40. The van der Waals surface area contributed by atoms with Crippen LogP contribution in [0.4, 0.5) is 0 Å². The molecule has 184 valence electrons. The molecule has 0 saturated carbocycles. The molecular weight excluding hydrogens is 460 g/mol. The summed E-state index contributed by atoms with van der Waals surface area (Å²) in [5.41, 5.74) is 5.14. The van der Waals surface area contributed by atoms with Crippen molar-refractivity contribution in [3.05, 3.63) is 88.6 Å². The Morgan fingerprint density at radius 3 is 2.78 bits per heavy atom. The average molecular weight is 487 g/mol. The van der Waals surface area contributed by atoms with E-state index in [4.69, 9.17) is 4.74 Å². The molecule has 0 aliphatic carbocycles. The van der Waals surface area contributed by atoms with Gasteiger partial charge in [-0.25, -0.2) is 9.78 Å². The van der Waals surface area contributed by atoms with Crippen molar-refractivity contribution in [1.29, 1.82) is 0 Å². The number of rotatable bonds is 7. The molecule has 0 fully saturated rings. The summed E-state index contributed by atoms with van der Waals surface area (Å²) in [5, 5.41) is 10.1. The van der Waals surface area contributed by atoms with Crippen molar-refractivity contribution in [2.45, 2.75) is 25.8 Å². The highest BCUT2D eigenvalue weighted by atomic mass is 16.5. The highest BCUT2D eigenvalue weighted by molar-refractivity contribution is 5.94. The number of amides is 2. The molecule has 0 saturated heterocycles. The number of aromatic nitrogens is 4.